The normalized spacial score (nSPS) is 14.2. The number of nitrogens with two attached hydrogens (primary N) is 1. The number of carboxylic acids is 1. The third-order valence-corrected chi connectivity index (χ3v) is 2.64. The lowest BCUT2D eigenvalue weighted by molar-refractivity contribution is -0.148. The van der Waals surface area contributed by atoms with E-state index in [1.54, 1.807) is 11.8 Å². The molecular weight excluding hydrogens is 232 g/mol. The fourth-order valence-electron chi connectivity index (χ4n) is 0.972. The van der Waals surface area contributed by atoms with Crippen LogP contribution in [0.3, 0.4) is 0 Å². The molecular formula is C9H18N2O4S. The number of methoxy groups -OCH3 is 1. The Kier molecular flexibility index (Phi) is 7.96. The van der Waals surface area contributed by atoms with Crippen LogP contribution in [0.4, 0.5) is 0 Å². The van der Waals surface area contributed by atoms with Crippen LogP contribution in [-0.4, -0.2) is 54.8 Å². The first-order valence-electron chi connectivity index (χ1n) is 4.80. The van der Waals surface area contributed by atoms with Gasteiger partial charge in [0.1, 0.15) is 0 Å². The molecule has 7 heteroatoms. The third-order valence-electron chi connectivity index (χ3n) is 1.99. The Morgan fingerprint density at radius 2 is 2.19 bits per heavy atom. The van der Waals surface area contributed by atoms with E-state index in [0.717, 1.165) is 5.75 Å². The van der Waals surface area contributed by atoms with Crippen LogP contribution in [0.2, 0.25) is 0 Å². The lowest BCUT2D eigenvalue weighted by Gasteiger charge is -2.14. The van der Waals surface area contributed by atoms with Crippen LogP contribution in [0.25, 0.3) is 0 Å². The average molecular weight is 250 g/mol. The highest BCUT2D eigenvalue weighted by Crippen LogP contribution is 1.98. The summed E-state index contributed by atoms with van der Waals surface area (Å²) in [5.74, 6) is -0.667. The fourth-order valence-corrected chi connectivity index (χ4v) is 1.46. The molecule has 0 rings (SSSR count). The highest BCUT2D eigenvalue weighted by Gasteiger charge is 2.19. The molecule has 6 nitrogen and oxygen atoms in total. The summed E-state index contributed by atoms with van der Waals surface area (Å²) in [6, 6.07) is -0.598. The van der Waals surface area contributed by atoms with E-state index in [9.17, 15) is 9.59 Å². The van der Waals surface area contributed by atoms with Gasteiger partial charge >= 0.3 is 5.97 Å². The highest BCUT2D eigenvalue weighted by molar-refractivity contribution is 7.98. The summed E-state index contributed by atoms with van der Waals surface area (Å²) < 4.78 is 4.66. The number of hydrogen-bond donors (Lipinski definition) is 3. The summed E-state index contributed by atoms with van der Waals surface area (Å²) in [5.41, 5.74) is 5.59. The maximum Gasteiger partial charge on any atom is 0.334 e. The molecule has 0 radical (unpaired) electrons. The van der Waals surface area contributed by atoms with Gasteiger partial charge in [0.25, 0.3) is 0 Å². The van der Waals surface area contributed by atoms with Crippen molar-refractivity contribution in [2.24, 2.45) is 5.73 Å². The Morgan fingerprint density at radius 3 is 2.62 bits per heavy atom. The van der Waals surface area contributed by atoms with Gasteiger partial charge < -0.3 is 20.9 Å². The van der Waals surface area contributed by atoms with Crippen LogP contribution < -0.4 is 11.1 Å². The van der Waals surface area contributed by atoms with E-state index in [1.165, 1.54) is 7.11 Å². The van der Waals surface area contributed by atoms with E-state index in [1.807, 2.05) is 6.26 Å². The van der Waals surface area contributed by atoms with Crippen molar-refractivity contribution >= 4 is 23.6 Å². The van der Waals surface area contributed by atoms with Gasteiger partial charge in [-0.15, -0.1) is 0 Å². The zero-order chi connectivity index (χ0) is 12.6. The number of carboxylic acid groups (broad SMARTS) is 1. The van der Waals surface area contributed by atoms with Gasteiger partial charge in [0.05, 0.1) is 12.6 Å². The van der Waals surface area contributed by atoms with E-state index < -0.39 is 18.1 Å². The first-order chi connectivity index (χ1) is 7.52. The number of aliphatic carboxylic acids is 1. The zero-order valence-corrected chi connectivity index (χ0v) is 10.3. The van der Waals surface area contributed by atoms with Crippen LogP contribution in [0.1, 0.15) is 6.42 Å². The molecule has 0 saturated heterocycles. The number of rotatable bonds is 8. The number of carbonyl (C=O) groups is 2. The molecule has 2 atom stereocenters. The number of nitrogens with one attached hydrogen (secondary N) is 1. The van der Waals surface area contributed by atoms with Crippen molar-refractivity contribution in [3.05, 3.63) is 0 Å². The molecule has 4 N–H and O–H groups in total. The van der Waals surface area contributed by atoms with Crippen LogP contribution in [-0.2, 0) is 14.3 Å². The standard InChI is InChI=1S/C9H18N2O4S/c1-15-7(9(13)14)5-11-8(12)6(10)3-4-16-2/h6-7H,3-5,10H2,1-2H3,(H,11,12)(H,13,14)/t6-,7?/m1/s1. The van der Waals surface area contributed by atoms with Crippen molar-refractivity contribution in [3.8, 4) is 0 Å². The summed E-state index contributed by atoms with van der Waals surface area (Å²) in [6.45, 7) is -0.0718. The Morgan fingerprint density at radius 1 is 1.56 bits per heavy atom. The predicted molar refractivity (Wildman–Crippen MR) is 62.4 cm³/mol. The van der Waals surface area contributed by atoms with Crippen LogP contribution in [0.5, 0.6) is 0 Å². The SMILES string of the molecule is COC(CNC(=O)[C@H](N)CCSC)C(=O)O. The van der Waals surface area contributed by atoms with Gasteiger partial charge in [-0.25, -0.2) is 4.79 Å². The number of hydrogen-bond acceptors (Lipinski definition) is 5. The molecule has 0 spiro atoms. The highest BCUT2D eigenvalue weighted by atomic mass is 32.2. The van der Waals surface area contributed by atoms with E-state index in [0.29, 0.717) is 6.42 Å². The van der Waals surface area contributed by atoms with Gasteiger partial charge in [-0.1, -0.05) is 0 Å². The number of ether oxygens (including phenoxy) is 1. The zero-order valence-electron chi connectivity index (χ0n) is 9.43. The Balaban J connectivity index is 3.91. The summed E-state index contributed by atoms with van der Waals surface area (Å²) >= 11 is 1.60. The van der Waals surface area contributed by atoms with Gasteiger partial charge in [-0.05, 0) is 18.4 Å². The minimum absolute atomic E-state index is 0.0718. The molecule has 1 unspecified atom stereocenters. The van der Waals surface area contributed by atoms with Gasteiger partial charge in [0.2, 0.25) is 5.91 Å². The molecule has 1 amide bonds. The van der Waals surface area contributed by atoms with Crippen molar-refractivity contribution in [2.45, 2.75) is 18.6 Å². The molecule has 0 aromatic rings. The molecule has 0 saturated carbocycles. The van der Waals surface area contributed by atoms with E-state index >= 15 is 0 Å². The molecule has 0 heterocycles. The van der Waals surface area contributed by atoms with E-state index in [2.05, 4.69) is 10.1 Å². The Hall–Kier alpha value is -0.790. The van der Waals surface area contributed by atoms with Crippen molar-refractivity contribution in [1.29, 1.82) is 0 Å². The summed E-state index contributed by atoms with van der Waals surface area (Å²) in [4.78, 5) is 22.0. The third kappa shape index (κ3) is 5.94. The Labute approximate surface area is 98.9 Å². The largest absolute Gasteiger partial charge is 0.479 e. The number of amides is 1. The first kappa shape index (κ1) is 15.2. The average Bonchev–Trinajstić information content (AvgIpc) is 2.25. The lowest BCUT2D eigenvalue weighted by atomic mass is 10.2. The second kappa shape index (κ2) is 8.37. The minimum atomic E-state index is -1.11. The maximum absolute atomic E-state index is 11.4. The fraction of sp³-hybridized carbons (Fsp3) is 0.778. The van der Waals surface area contributed by atoms with Crippen LogP contribution in [0, 0.1) is 0 Å². The summed E-state index contributed by atoms with van der Waals surface area (Å²) in [6.07, 6.45) is 1.46. The lowest BCUT2D eigenvalue weighted by Crippen LogP contribution is -2.45. The Bertz CT molecular complexity index is 238. The van der Waals surface area contributed by atoms with E-state index in [-0.39, 0.29) is 12.5 Å². The van der Waals surface area contributed by atoms with Gasteiger partial charge in [0.15, 0.2) is 6.10 Å². The topological polar surface area (TPSA) is 102 Å². The van der Waals surface area contributed by atoms with Crippen molar-refractivity contribution < 1.29 is 19.4 Å². The molecule has 0 aromatic heterocycles. The molecule has 16 heavy (non-hydrogen) atoms. The smallest absolute Gasteiger partial charge is 0.334 e. The number of carbonyl (C=O) groups excluding carboxylic acids is 1. The van der Waals surface area contributed by atoms with Gasteiger partial charge in [-0.2, -0.15) is 11.8 Å². The molecule has 0 aliphatic carbocycles. The minimum Gasteiger partial charge on any atom is -0.479 e. The molecule has 0 fully saturated rings. The van der Waals surface area contributed by atoms with Crippen molar-refractivity contribution in [3.63, 3.8) is 0 Å². The van der Waals surface area contributed by atoms with Gasteiger partial charge in [0, 0.05) is 7.11 Å². The molecule has 0 aliphatic rings. The van der Waals surface area contributed by atoms with Crippen LogP contribution >= 0.6 is 11.8 Å². The second-order valence-corrected chi connectivity index (χ2v) is 4.18. The maximum atomic E-state index is 11.4. The van der Waals surface area contributed by atoms with Crippen molar-refractivity contribution in [2.75, 3.05) is 25.7 Å². The second-order valence-electron chi connectivity index (χ2n) is 3.20. The molecule has 94 valence electrons. The number of thioether (sulfide) groups is 1. The van der Waals surface area contributed by atoms with Crippen LogP contribution in [0.15, 0.2) is 0 Å². The van der Waals surface area contributed by atoms with E-state index in [4.69, 9.17) is 10.8 Å². The predicted octanol–water partition coefficient (Wildman–Crippen LogP) is -0.717. The first-order valence-corrected chi connectivity index (χ1v) is 6.20. The molecule has 0 aliphatic heterocycles. The van der Waals surface area contributed by atoms with Crippen molar-refractivity contribution in [1.82, 2.24) is 5.32 Å². The summed E-state index contributed by atoms with van der Waals surface area (Å²) in [7, 11) is 1.28. The van der Waals surface area contributed by atoms with Gasteiger partial charge in [-0.3, -0.25) is 4.79 Å². The summed E-state index contributed by atoms with van der Waals surface area (Å²) in [5, 5.41) is 11.1. The quantitative estimate of drug-likeness (QED) is 0.525. The molecule has 0 aromatic carbocycles. The molecule has 0 bridgehead atoms. The monoisotopic (exact) mass is 250 g/mol.